The van der Waals surface area contributed by atoms with Gasteiger partial charge in [-0.3, -0.25) is 9.59 Å². The molecule has 0 aromatic heterocycles. The van der Waals surface area contributed by atoms with Crippen LogP contribution in [-0.4, -0.2) is 34.2 Å². The molecule has 0 aliphatic heterocycles. The molecule has 0 aromatic rings. The fraction of sp³-hybridized carbons (Fsp3) is 0.647. The number of ether oxygens (including phenoxy) is 2. The second kappa shape index (κ2) is 7.27. The van der Waals surface area contributed by atoms with Crippen LogP contribution in [0, 0.1) is 5.41 Å². The number of hydrogen-bond donors (Lipinski definition) is 0. The van der Waals surface area contributed by atoms with E-state index in [0.29, 0.717) is 12.8 Å². The molecule has 0 amide bonds. The Morgan fingerprint density at radius 3 is 1.91 bits per heavy atom. The lowest BCUT2D eigenvalue weighted by molar-refractivity contribution is -0.168. The van der Waals surface area contributed by atoms with Crippen LogP contribution >= 0.6 is 0 Å². The van der Waals surface area contributed by atoms with Gasteiger partial charge in [-0.25, -0.2) is 0 Å². The van der Waals surface area contributed by atoms with Crippen molar-refractivity contribution in [3.05, 3.63) is 23.4 Å². The lowest BCUT2D eigenvalue weighted by Gasteiger charge is -2.25. The molecule has 0 aromatic carbocycles. The molecule has 5 heteroatoms. The van der Waals surface area contributed by atoms with E-state index in [1.54, 1.807) is 0 Å². The van der Waals surface area contributed by atoms with Gasteiger partial charge in [-0.05, 0) is 12.8 Å². The van der Waals surface area contributed by atoms with Gasteiger partial charge in [0.25, 0.3) is 0 Å². The van der Waals surface area contributed by atoms with E-state index in [1.807, 2.05) is 0 Å². The van der Waals surface area contributed by atoms with E-state index in [0.717, 1.165) is 29.3 Å². The van der Waals surface area contributed by atoms with Crippen molar-refractivity contribution >= 4 is 20.0 Å². The zero-order valence-electron chi connectivity index (χ0n) is 14.5. The molecule has 0 bridgehead atoms. The summed E-state index contributed by atoms with van der Waals surface area (Å²) in [4.78, 5) is 24.4. The molecular weight excluding hydrogens is 296 g/mol. The van der Waals surface area contributed by atoms with Crippen LogP contribution in [0.3, 0.4) is 0 Å². The summed E-state index contributed by atoms with van der Waals surface area (Å²) in [6.07, 6.45) is 0.639. The monoisotopic (exact) mass is 324 g/mol. The molecule has 124 valence electrons. The van der Waals surface area contributed by atoms with Crippen molar-refractivity contribution < 1.29 is 19.1 Å². The Morgan fingerprint density at radius 2 is 1.55 bits per heavy atom. The van der Waals surface area contributed by atoms with Gasteiger partial charge in [0.15, 0.2) is 5.41 Å². The molecular formula is C17H28O4Si. The Kier molecular flexibility index (Phi) is 6.17. The highest BCUT2D eigenvalue weighted by atomic mass is 28.3. The third kappa shape index (κ3) is 3.19. The van der Waals surface area contributed by atoms with Crippen molar-refractivity contribution in [1.82, 2.24) is 0 Å². The van der Waals surface area contributed by atoms with Crippen LogP contribution in [0.2, 0.25) is 18.1 Å². The van der Waals surface area contributed by atoms with Crippen LogP contribution < -0.4 is 0 Å². The fourth-order valence-corrected chi connectivity index (χ4v) is 6.49. The van der Waals surface area contributed by atoms with Crippen molar-refractivity contribution in [3.8, 4) is 0 Å². The molecule has 0 heterocycles. The minimum atomic E-state index is -1.50. The maximum Gasteiger partial charge on any atom is 0.323 e. The Balaban J connectivity index is 3.26. The van der Waals surface area contributed by atoms with E-state index in [1.165, 1.54) is 14.2 Å². The number of carbonyl (C=O) groups is 2. The summed E-state index contributed by atoms with van der Waals surface area (Å²) in [6, 6.07) is 3.46. The lowest BCUT2D eigenvalue weighted by atomic mass is 9.86. The summed E-state index contributed by atoms with van der Waals surface area (Å²) in [5.74, 6) is -1.05. The first-order valence-corrected chi connectivity index (χ1v) is 10.6. The third-order valence-electron chi connectivity index (χ3n) is 5.21. The zero-order chi connectivity index (χ0) is 17.0. The van der Waals surface area contributed by atoms with Crippen molar-refractivity contribution in [1.29, 1.82) is 0 Å². The maximum atomic E-state index is 12.2. The molecule has 0 N–H and O–H groups in total. The average Bonchev–Trinajstić information content (AvgIpc) is 2.88. The Labute approximate surface area is 134 Å². The fourth-order valence-electron chi connectivity index (χ4n) is 3.33. The topological polar surface area (TPSA) is 52.6 Å². The lowest BCUT2D eigenvalue weighted by Crippen LogP contribution is -2.39. The average molecular weight is 324 g/mol. The van der Waals surface area contributed by atoms with Crippen LogP contribution in [0.4, 0.5) is 0 Å². The molecule has 0 unspecified atom stereocenters. The number of hydrogen-bond acceptors (Lipinski definition) is 4. The van der Waals surface area contributed by atoms with Crippen molar-refractivity contribution in [2.75, 3.05) is 14.2 Å². The van der Waals surface area contributed by atoms with Crippen LogP contribution in [0.25, 0.3) is 0 Å². The summed E-state index contributed by atoms with van der Waals surface area (Å²) >= 11 is 0. The van der Waals surface area contributed by atoms with Gasteiger partial charge in [-0.15, -0.1) is 0 Å². The van der Waals surface area contributed by atoms with Gasteiger partial charge in [0.2, 0.25) is 0 Å². The second-order valence-corrected chi connectivity index (χ2v) is 11.2. The van der Waals surface area contributed by atoms with Gasteiger partial charge < -0.3 is 9.47 Å². The van der Waals surface area contributed by atoms with E-state index < -0.39 is 25.4 Å². The number of methoxy groups -OCH3 is 2. The Bertz CT molecular complexity index is 465. The molecule has 22 heavy (non-hydrogen) atoms. The second-order valence-electron chi connectivity index (χ2n) is 6.11. The molecule has 0 atom stereocenters. The quantitative estimate of drug-likeness (QED) is 0.425. The number of carbonyl (C=O) groups excluding carboxylic acids is 2. The summed E-state index contributed by atoms with van der Waals surface area (Å²) in [5, 5.41) is 0. The summed E-state index contributed by atoms with van der Waals surface area (Å²) in [5.41, 5.74) is 3.01. The smallest absolute Gasteiger partial charge is 0.323 e. The van der Waals surface area contributed by atoms with Gasteiger partial charge in [-0.1, -0.05) is 62.3 Å². The minimum absolute atomic E-state index is 0.291. The number of esters is 2. The molecule has 0 saturated heterocycles. The maximum absolute atomic E-state index is 12.2. The Hall–Kier alpha value is -1.36. The predicted octanol–water partition coefficient (Wildman–Crippen LogP) is 3.64. The zero-order valence-corrected chi connectivity index (χ0v) is 15.5. The highest BCUT2D eigenvalue weighted by Gasteiger charge is 2.53. The molecule has 0 radical (unpaired) electrons. The van der Waals surface area contributed by atoms with E-state index in [9.17, 15) is 9.59 Å². The van der Waals surface area contributed by atoms with E-state index in [-0.39, 0.29) is 0 Å². The minimum Gasteiger partial charge on any atom is -0.468 e. The normalized spacial score (nSPS) is 19.3. The molecule has 1 fully saturated rings. The van der Waals surface area contributed by atoms with Gasteiger partial charge in [0.1, 0.15) is 0 Å². The summed E-state index contributed by atoms with van der Waals surface area (Å²) in [6.45, 7) is 10.8. The van der Waals surface area contributed by atoms with Crippen molar-refractivity contribution in [3.63, 3.8) is 0 Å². The van der Waals surface area contributed by atoms with E-state index in [2.05, 4.69) is 33.0 Å². The first-order valence-electron chi connectivity index (χ1n) is 7.91. The number of allylic oxidation sites excluding steroid dienone is 2. The standard InChI is InChI=1S/C17H28O4Si/c1-7-22(8-2,9-3)12-14-11-17(10-13(14)4,15(18)20-5)16(19)21-6/h12H,4,7-11H2,1-3,5-6H3. The Morgan fingerprint density at radius 1 is 1.09 bits per heavy atom. The first kappa shape index (κ1) is 18.7. The molecule has 1 saturated carbocycles. The third-order valence-corrected chi connectivity index (χ3v) is 10.4. The van der Waals surface area contributed by atoms with E-state index in [4.69, 9.17) is 9.47 Å². The van der Waals surface area contributed by atoms with Crippen LogP contribution in [-0.2, 0) is 19.1 Å². The summed E-state index contributed by atoms with van der Waals surface area (Å²) in [7, 11) is 1.11. The number of rotatable bonds is 6. The van der Waals surface area contributed by atoms with Gasteiger partial charge in [-0.2, -0.15) is 0 Å². The largest absolute Gasteiger partial charge is 0.468 e. The predicted molar refractivity (Wildman–Crippen MR) is 90.1 cm³/mol. The highest BCUT2D eigenvalue weighted by Crippen LogP contribution is 2.47. The SMILES string of the molecule is C=C1CC(C(=O)OC)(C(=O)OC)CC1=C[Si](CC)(CC)CC. The van der Waals surface area contributed by atoms with Crippen molar-refractivity contribution in [2.24, 2.45) is 5.41 Å². The van der Waals surface area contributed by atoms with Crippen molar-refractivity contribution in [2.45, 2.75) is 51.7 Å². The summed E-state index contributed by atoms with van der Waals surface area (Å²) < 4.78 is 9.74. The van der Waals surface area contributed by atoms with Crippen LogP contribution in [0.15, 0.2) is 23.4 Å². The molecule has 4 nitrogen and oxygen atoms in total. The molecule has 0 spiro atoms. The van der Waals surface area contributed by atoms with Crippen LogP contribution in [0.1, 0.15) is 33.6 Å². The molecule has 1 aliphatic carbocycles. The van der Waals surface area contributed by atoms with Crippen LogP contribution in [0.5, 0.6) is 0 Å². The highest BCUT2D eigenvalue weighted by molar-refractivity contribution is 6.84. The molecule has 1 aliphatic rings. The van der Waals surface area contributed by atoms with E-state index >= 15 is 0 Å². The molecule has 1 rings (SSSR count). The van der Waals surface area contributed by atoms with Gasteiger partial charge in [0.05, 0.1) is 22.3 Å². The van der Waals surface area contributed by atoms with Gasteiger partial charge in [0, 0.05) is 0 Å². The van der Waals surface area contributed by atoms with Gasteiger partial charge >= 0.3 is 11.9 Å². The first-order chi connectivity index (χ1) is 10.3.